The normalized spacial score (nSPS) is 26.5. The third kappa shape index (κ3) is 3.47. The van der Waals surface area contributed by atoms with E-state index in [1.807, 2.05) is 18.2 Å². The lowest BCUT2D eigenvalue weighted by atomic mass is 9.75. The Morgan fingerprint density at radius 3 is 2.85 bits per heavy atom. The van der Waals surface area contributed by atoms with Crippen LogP contribution in [0.5, 0.6) is 0 Å². The van der Waals surface area contributed by atoms with Gasteiger partial charge in [-0.25, -0.2) is 8.78 Å². The Kier molecular flexibility index (Phi) is 4.69. The number of hydrogen-bond acceptors (Lipinski definition) is 4. The predicted molar refractivity (Wildman–Crippen MR) is 89.6 cm³/mol. The van der Waals surface area contributed by atoms with Crippen LogP contribution < -0.4 is 0 Å². The lowest BCUT2D eigenvalue weighted by molar-refractivity contribution is -0.185. The Balaban J connectivity index is 1.21. The van der Waals surface area contributed by atoms with Gasteiger partial charge in [0.15, 0.2) is 0 Å². The summed E-state index contributed by atoms with van der Waals surface area (Å²) >= 11 is 0. The average Bonchev–Trinajstić information content (AvgIpc) is 2.99. The zero-order valence-electron chi connectivity index (χ0n) is 14.7. The highest BCUT2D eigenvalue weighted by Crippen LogP contribution is 2.47. The number of nitrogens with zero attached hydrogens (tertiary/aromatic N) is 2. The molecule has 1 aromatic heterocycles. The van der Waals surface area contributed by atoms with Gasteiger partial charge in [0.25, 0.3) is 0 Å². The largest absolute Gasteiger partial charge is 0.375 e. The van der Waals surface area contributed by atoms with Gasteiger partial charge in [0.05, 0.1) is 25.4 Å². The van der Waals surface area contributed by atoms with E-state index in [0.717, 1.165) is 18.5 Å². The molecule has 0 radical (unpaired) electrons. The summed E-state index contributed by atoms with van der Waals surface area (Å²) in [5.41, 5.74) is 0.610. The van der Waals surface area contributed by atoms with Gasteiger partial charge < -0.3 is 14.4 Å². The first kappa shape index (κ1) is 17.8. The summed E-state index contributed by atoms with van der Waals surface area (Å²) in [6.45, 7) is 2.85. The van der Waals surface area contributed by atoms with E-state index >= 15 is 0 Å². The summed E-state index contributed by atoms with van der Waals surface area (Å²) in [6, 6.07) is 5.74. The number of hydrogen-bond donors (Lipinski definition) is 0. The molecule has 0 bridgehead atoms. The molecule has 1 aromatic rings. The van der Waals surface area contributed by atoms with Crippen molar-refractivity contribution in [2.45, 2.75) is 43.8 Å². The maximum atomic E-state index is 13.0. The average molecular weight is 366 g/mol. The molecule has 5 nitrogen and oxygen atoms in total. The number of ether oxygens (including phenoxy) is 2. The van der Waals surface area contributed by atoms with Crippen LogP contribution >= 0.6 is 0 Å². The standard InChI is InChI=1S/C19H24F2N2O3/c20-19(21)9-14(10-19)17(24)23-12-18(13-23)15(5-8-26-18)4-7-25-11-16-3-1-2-6-22-16/h1-3,6,14-15H,4-5,7-13H2/t15-/m0/s1. The molecular weight excluding hydrogens is 342 g/mol. The third-order valence-corrected chi connectivity index (χ3v) is 5.85. The number of rotatable bonds is 6. The fourth-order valence-corrected chi connectivity index (χ4v) is 4.28. The number of aromatic nitrogens is 1. The molecule has 3 fully saturated rings. The number of carbonyl (C=O) groups is 1. The Hall–Kier alpha value is -1.60. The van der Waals surface area contributed by atoms with E-state index in [0.29, 0.717) is 38.8 Å². The molecule has 0 N–H and O–H groups in total. The molecule has 2 aliphatic heterocycles. The molecule has 3 heterocycles. The minimum atomic E-state index is -2.65. The van der Waals surface area contributed by atoms with Gasteiger partial charge in [0.1, 0.15) is 5.60 Å². The molecule has 2 saturated heterocycles. The predicted octanol–water partition coefficient (Wildman–Crippen LogP) is 2.65. The van der Waals surface area contributed by atoms with Crippen LogP contribution in [0.4, 0.5) is 8.78 Å². The third-order valence-electron chi connectivity index (χ3n) is 5.85. The van der Waals surface area contributed by atoms with Crippen molar-refractivity contribution in [3.8, 4) is 0 Å². The molecule has 0 unspecified atom stereocenters. The van der Waals surface area contributed by atoms with Crippen molar-refractivity contribution in [3.05, 3.63) is 30.1 Å². The topological polar surface area (TPSA) is 51.7 Å². The number of carbonyl (C=O) groups excluding carboxylic acids is 1. The van der Waals surface area contributed by atoms with Gasteiger partial charge in [-0.15, -0.1) is 0 Å². The zero-order chi connectivity index (χ0) is 18.2. The maximum Gasteiger partial charge on any atom is 0.249 e. The number of likely N-dealkylation sites (tertiary alicyclic amines) is 1. The van der Waals surface area contributed by atoms with E-state index in [1.54, 1.807) is 11.1 Å². The van der Waals surface area contributed by atoms with E-state index in [4.69, 9.17) is 9.47 Å². The van der Waals surface area contributed by atoms with Gasteiger partial charge in [0, 0.05) is 38.2 Å². The summed E-state index contributed by atoms with van der Waals surface area (Å²) in [4.78, 5) is 18.2. The SMILES string of the molecule is O=C(C1CC(F)(F)C1)N1CC2(C1)OCC[C@@H]2CCOCc1ccccn1. The van der Waals surface area contributed by atoms with E-state index < -0.39 is 11.8 Å². The molecular formula is C19H24F2N2O3. The number of amides is 1. The van der Waals surface area contributed by atoms with Crippen molar-refractivity contribution in [2.75, 3.05) is 26.3 Å². The Labute approximate surface area is 151 Å². The van der Waals surface area contributed by atoms with Gasteiger partial charge >= 0.3 is 0 Å². The summed E-state index contributed by atoms with van der Waals surface area (Å²) < 4.78 is 37.6. The molecule has 7 heteroatoms. The van der Waals surface area contributed by atoms with Crippen LogP contribution in [0, 0.1) is 11.8 Å². The number of pyridine rings is 1. The van der Waals surface area contributed by atoms with E-state index in [1.165, 1.54) is 0 Å². The van der Waals surface area contributed by atoms with E-state index in [-0.39, 0.29) is 24.3 Å². The molecule has 1 saturated carbocycles. The minimum absolute atomic E-state index is 0.137. The molecule has 4 rings (SSSR count). The van der Waals surface area contributed by atoms with E-state index in [9.17, 15) is 13.6 Å². The first-order valence-corrected chi connectivity index (χ1v) is 9.26. The first-order chi connectivity index (χ1) is 12.5. The molecule has 3 aliphatic rings. The number of halogens is 2. The van der Waals surface area contributed by atoms with Crippen LogP contribution in [-0.4, -0.2) is 53.6 Å². The highest BCUT2D eigenvalue weighted by atomic mass is 19.3. The van der Waals surface area contributed by atoms with Crippen molar-refractivity contribution in [1.29, 1.82) is 0 Å². The second-order valence-electron chi connectivity index (χ2n) is 7.72. The number of alkyl halides is 2. The Morgan fingerprint density at radius 1 is 1.35 bits per heavy atom. The van der Waals surface area contributed by atoms with Gasteiger partial charge in [-0.05, 0) is 30.9 Å². The molecule has 1 spiro atoms. The van der Waals surface area contributed by atoms with Crippen molar-refractivity contribution in [1.82, 2.24) is 9.88 Å². The van der Waals surface area contributed by atoms with Crippen LogP contribution in [0.25, 0.3) is 0 Å². The molecule has 1 aliphatic carbocycles. The first-order valence-electron chi connectivity index (χ1n) is 9.26. The maximum absolute atomic E-state index is 13.0. The van der Waals surface area contributed by atoms with Crippen LogP contribution in [0.2, 0.25) is 0 Å². The molecule has 142 valence electrons. The van der Waals surface area contributed by atoms with Gasteiger partial charge in [-0.3, -0.25) is 9.78 Å². The fraction of sp³-hybridized carbons (Fsp3) is 0.684. The monoisotopic (exact) mass is 366 g/mol. The summed E-state index contributed by atoms with van der Waals surface area (Å²) in [5.74, 6) is -2.95. The van der Waals surface area contributed by atoms with Crippen molar-refractivity contribution in [2.24, 2.45) is 11.8 Å². The van der Waals surface area contributed by atoms with Gasteiger partial charge in [0.2, 0.25) is 11.8 Å². The lowest BCUT2D eigenvalue weighted by Crippen LogP contribution is -2.67. The van der Waals surface area contributed by atoms with Gasteiger partial charge in [-0.1, -0.05) is 6.07 Å². The van der Waals surface area contributed by atoms with Crippen molar-refractivity contribution < 1.29 is 23.0 Å². The zero-order valence-corrected chi connectivity index (χ0v) is 14.7. The van der Waals surface area contributed by atoms with E-state index in [2.05, 4.69) is 4.98 Å². The summed E-state index contributed by atoms with van der Waals surface area (Å²) in [5, 5.41) is 0. The minimum Gasteiger partial charge on any atom is -0.375 e. The van der Waals surface area contributed by atoms with Crippen molar-refractivity contribution >= 4 is 5.91 Å². The Morgan fingerprint density at radius 2 is 2.15 bits per heavy atom. The quantitative estimate of drug-likeness (QED) is 0.727. The molecule has 1 amide bonds. The Bertz CT molecular complexity index is 641. The van der Waals surface area contributed by atoms with Crippen LogP contribution in [-0.2, 0) is 20.9 Å². The second kappa shape index (κ2) is 6.85. The molecule has 0 aromatic carbocycles. The van der Waals surface area contributed by atoms with Crippen LogP contribution in [0.1, 0.15) is 31.4 Å². The molecule has 1 atom stereocenters. The van der Waals surface area contributed by atoms with Crippen LogP contribution in [0.3, 0.4) is 0 Å². The summed E-state index contributed by atoms with van der Waals surface area (Å²) in [6.07, 6.45) is 2.96. The smallest absolute Gasteiger partial charge is 0.249 e. The fourth-order valence-electron chi connectivity index (χ4n) is 4.28. The second-order valence-corrected chi connectivity index (χ2v) is 7.72. The highest BCUT2D eigenvalue weighted by molar-refractivity contribution is 5.81. The van der Waals surface area contributed by atoms with Gasteiger partial charge in [-0.2, -0.15) is 0 Å². The molecule has 26 heavy (non-hydrogen) atoms. The lowest BCUT2D eigenvalue weighted by Gasteiger charge is -2.52. The van der Waals surface area contributed by atoms with Crippen LogP contribution in [0.15, 0.2) is 24.4 Å². The summed E-state index contributed by atoms with van der Waals surface area (Å²) in [7, 11) is 0. The van der Waals surface area contributed by atoms with Crippen molar-refractivity contribution in [3.63, 3.8) is 0 Å². The highest BCUT2D eigenvalue weighted by Gasteiger charge is 2.57.